The Morgan fingerprint density at radius 1 is 1.33 bits per heavy atom. The fraction of sp³-hybridized carbons (Fsp3) is 0.600. The van der Waals surface area contributed by atoms with E-state index in [-0.39, 0.29) is 0 Å². The number of nitrogen functional groups attached to an aromatic ring is 1. The zero-order valence-electron chi connectivity index (χ0n) is 9.54. The number of anilines is 2. The van der Waals surface area contributed by atoms with Crippen LogP contribution in [0.5, 0.6) is 0 Å². The first-order valence-corrected chi connectivity index (χ1v) is 5.18. The summed E-state index contributed by atoms with van der Waals surface area (Å²) in [4.78, 5) is 8.37. The Kier molecular flexibility index (Phi) is 4.30. The SMILES string of the molecule is Cc1nc(NN)cc(NCCC(C)C)n1. The number of aromatic nitrogens is 2. The molecule has 0 aliphatic carbocycles. The van der Waals surface area contributed by atoms with Gasteiger partial charge < -0.3 is 10.7 Å². The van der Waals surface area contributed by atoms with Gasteiger partial charge in [-0.2, -0.15) is 0 Å². The molecule has 15 heavy (non-hydrogen) atoms. The van der Waals surface area contributed by atoms with E-state index < -0.39 is 0 Å². The molecule has 0 aromatic carbocycles. The molecule has 1 aromatic rings. The number of hydrogen-bond donors (Lipinski definition) is 3. The molecule has 1 rings (SSSR count). The Hall–Kier alpha value is -1.36. The lowest BCUT2D eigenvalue weighted by atomic mass is 10.1. The lowest BCUT2D eigenvalue weighted by molar-refractivity contribution is 0.606. The molecule has 5 heteroatoms. The predicted octanol–water partition coefficient (Wildman–Crippen LogP) is 1.53. The van der Waals surface area contributed by atoms with Crippen LogP contribution in [0.3, 0.4) is 0 Å². The van der Waals surface area contributed by atoms with E-state index in [9.17, 15) is 0 Å². The standard InChI is InChI=1S/C10H19N5/c1-7(2)4-5-12-9-6-10(15-11)14-8(3)13-9/h6-7H,4-5,11H2,1-3H3,(H2,12,13,14,15). The van der Waals surface area contributed by atoms with Crippen LogP contribution in [-0.2, 0) is 0 Å². The molecule has 0 fully saturated rings. The molecule has 0 aliphatic rings. The molecule has 0 bridgehead atoms. The average Bonchev–Trinajstić information content (AvgIpc) is 2.16. The summed E-state index contributed by atoms with van der Waals surface area (Å²) >= 11 is 0. The van der Waals surface area contributed by atoms with Gasteiger partial charge in [-0.3, -0.25) is 0 Å². The number of nitrogens with two attached hydrogens (primary N) is 1. The van der Waals surface area contributed by atoms with E-state index in [2.05, 4.69) is 34.6 Å². The molecule has 0 amide bonds. The number of nitrogens with one attached hydrogen (secondary N) is 2. The normalized spacial score (nSPS) is 10.5. The lowest BCUT2D eigenvalue weighted by Crippen LogP contribution is -2.12. The van der Waals surface area contributed by atoms with Gasteiger partial charge in [-0.1, -0.05) is 13.8 Å². The van der Waals surface area contributed by atoms with Gasteiger partial charge in [0.25, 0.3) is 0 Å². The van der Waals surface area contributed by atoms with Crippen molar-refractivity contribution in [3.05, 3.63) is 11.9 Å². The summed E-state index contributed by atoms with van der Waals surface area (Å²) in [6.07, 6.45) is 1.12. The first-order valence-electron chi connectivity index (χ1n) is 5.18. The number of rotatable bonds is 5. The quantitative estimate of drug-likeness (QED) is 0.506. The van der Waals surface area contributed by atoms with Crippen molar-refractivity contribution in [1.29, 1.82) is 0 Å². The van der Waals surface area contributed by atoms with Gasteiger partial charge in [0.15, 0.2) is 0 Å². The molecular formula is C10H19N5. The van der Waals surface area contributed by atoms with E-state index in [0.29, 0.717) is 17.6 Å². The van der Waals surface area contributed by atoms with Gasteiger partial charge in [-0.05, 0) is 19.3 Å². The maximum absolute atomic E-state index is 5.30. The van der Waals surface area contributed by atoms with Gasteiger partial charge in [0.2, 0.25) is 0 Å². The van der Waals surface area contributed by atoms with Crippen LogP contribution in [0.1, 0.15) is 26.1 Å². The molecular weight excluding hydrogens is 190 g/mol. The minimum absolute atomic E-state index is 0.634. The van der Waals surface area contributed by atoms with Crippen molar-refractivity contribution in [3.8, 4) is 0 Å². The van der Waals surface area contributed by atoms with E-state index >= 15 is 0 Å². The van der Waals surface area contributed by atoms with Crippen LogP contribution in [-0.4, -0.2) is 16.5 Å². The highest BCUT2D eigenvalue weighted by Crippen LogP contribution is 2.10. The predicted molar refractivity (Wildman–Crippen MR) is 62.5 cm³/mol. The third-order valence-corrected chi connectivity index (χ3v) is 2.01. The summed E-state index contributed by atoms with van der Waals surface area (Å²) in [5.74, 6) is 8.14. The van der Waals surface area contributed by atoms with E-state index in [1.165, 1.54) is 0 Å². The minimum atomic E-state index is 0.634. The highest BCUT2D eigenvalue weighted by Gasteiger charge is 2.00. The van der Waals surface area contributed by atoms with Crippen molar-refractivity contribution in [3.63, 3.8) is 0 Å². The zero-order chi connectivity index (χ0) is 11.3. The van der Waals surface area contributed by atoms with Gasteiger partial charge in [0, 0.05) is 12.6 Å². The molecule has 0 radical (unpaired) electrons. The number of nitrogens with zero attached hydrogens (tertiary/aromatic N) is 2. The van der Waals surface area contributed by atoms with E-state index in [1.807, 2.05) is 6.92 Å². The second-order valence-electron chi connectivity index (χ2n) is 3.94. The third-order valence-electron chi connectivity index (χ3n) is 2.01. The molecule has 0 spiro atoms. The van der Waals surface area contributed by atoms with Crippen molar-refractivity contribution in [1.82, 2.24) is 9.97 Å². The maximum atomic E-state index is 5.30. The third kappa shape index (κ3) is 4.12. The molecule has 5 nitrogen and oxygen atoms in total. The molecule has 0 unspecified atom stereocenters. The average molecular weight is 209 g/mol. The van der Waals surface area contributed by atoms with Crippen molar-refractivity contribution >= 4 is 11.6 Å². The molecule has 1 heterocycles. The number of aryl methyl sites for hydroxylation is 1. The summed E-state index contributed by atoms with van der Waals surface area (Å²) in [5, 5.41) is 3.24. The summed E-state index contributed by atoms with van der Waals surface area (Å²) in [6, 6.07) is 1.80. The van der Waals surface area contributed by atoms with E-state index in [1.54, 1.807) is 6.07 Å². The van der Waals surface area contributed by atoms with Crippen molar-refractivity contribution in [2.45, 2.75) is 27.2 Å². The summed E-state index contributed by atoms with van der Waals surface area (Å²) in [7, 11) is 0. The zero-order valence-corrected chi connectivity index (χ0v) is 9.54. The summed E-state index contributed by atoms with van der Waals surface area (Å²) < 4.78 is 0. The first kappa shape index (κ1) is 11.7. The van der Waals surface area contributed by atoms with Crippen LogP contribution < -0.4 is 16.6 Å². The second kappa shape index (κ2) is 5.50. The number of hydrazine groups is 1. The highest BCUT2D eigenvalue weighted by molar-refractivity contribution is 5.46. The van der Waals surface area contributed by atoms with Crippen LogP contribution in [0.25, 0.3) is 0 Å². The number of hydrogen-bond acceptors (Lipinski definition) is 5. The van der Waals surface area contributed by atoms with Gasteiger partial charge >= 0.3 is 0 Å². The fourth-order valence-corrected chi connectivity index (χ4v) is 1.22. The second-order valence-corrected chi connectivity index (χ2v) is 3.94. The molecule has 0 saturated heterocycles. The topological polar surface area (TPSA) is 75.9 Å². The molecule has 84 valence electrons. The van der Waals surface area contributed by atoms with E-state index in [4.69, 9.17) is 5.84 Å². The maximum Gasteiger partial charge on any atom is 0.145 e. The Bertz CT molecular complexity index is 311. The first-order chi connectivity index (χ1) is 7.11. The highest BCUT2D eigenvalue weighted by atomic mass is 15.3. The summed E-state index contributed by atoms with van der Waals surface area (Å²) in [5.41, 5.74) is 2.52. The van der Waals surface area contributed by atoms with Crippen LogP contribution in [0.15, 0.2) is 6.07 Å². The Morgan fingerprint density at radius 2 is 2.00 bits per heavy atom. The van der Waals surface area contributed by atoms with Gasteiger partial charge in [-0.25, -0.2) is 15.8 Å². The van der Waals surface area contributed by atoms with Gasteiger partial charge in [0.1, 0.15) is 17.5 Å². The molecule has 4 N–H and O–H groups in total. The molecule has 1 aromatic heterocycles. The monoisotopic (exact) mass is 209 g/mol. The van der Waals surface area contributed by atoms with Crippen molar-refractivity contribution in [2.75, 3.05) is 17.3 Å². The van der Waals surface area contributed by atoms with E-state index in [0.717, 1.165) is 18.8 Å². The summed E-state index contributed by atoms with van der Waals surface area (Å²) in [6.45, 7) is 7.14. The lowest BCUT2D eigenvalue weighted by Gasteiger charge is -2.09. The minimum Gasteiger partial charge on any atom is -0.370 e. The van der Waals surface area contributed by atoms with Crippen LogP contribution in [0, 0.1) is 12.8 Å². The molecule has 0 atom stereocenters. The Balaban J connectivity index is 2.56. The van der Waals surface area contributed by atoms with Crippen LogP contribution in [0.4, 0.5) is 11.6 Å². The molecule has 0 aliphatic heterocycles. The Morgan fingerprint density at radius 3 is 2.60 bits per heavy atom. The van der Waals surface area contributed by atoms with Crippen LogP contribution in [0.2, 0.25) is 0 Å². The van der Waals surface area contributed by atoms with Gasteiger partial charge in [-0.15, -0.1) is 0 Å². The largest absolute Gasteiger partial charge is 0.370 e. The van der Waals surface area contributed by atoms with Gasteiger partial charge in [0.05, 0.1) is 0 Å². The smallest absolute Gasteiger partial charge is 0.145 e. The van der Waals surface area contributed by atoms with Crippen molar-refractivity contribution in [2.24, 2.45) is 11.8 Å². The fourth-order valence-electron chi connectivity index (χ4n) is 1.22. The van der Waals surface area contributed by atoms with Crippen molar-refractivity contribution < 1.29 is 0 Å². The molecule has 0 saturated carbocycles. The van der Waals surface area contributed by atoms with Crippen LogP contribution >= 0.6 is 0 Å². The Labute approximate surface area is 90.5 Å².